The van der Waals surface area contributed by atoms with Crippen LogP contribution in [0.2, 0.25) is 0 Å². The largest absolute Gasteiger partial charge is 0.320 e. The fourth-order valence-corrected chi connectivity index (χ4v) is 1.78. The van der Waals surface area contributed by atoms with Gasteiger partial charge in [-0.05, 0) is 31.9 Å². The number of amides is 1. The van der Waals surface area contributed by atoms with E-state index in [1.807, 2.05) is 32.9 Å². The van der Waals surface area contributed by atoms with Crippen LogP contribution in [0.25, 0.3) is 0 Å². The van der Waals surface area contributed by atoms with Gasteiger partial charge in [0.15, 0.2) is 0 Å². The maximum atomic E-state index is 11.8. The summed E-state index contributed by atoms with van der Waals surface area (Å²) in [5.41, 5.74) is 7.52. The Bertz CT molecular complexity index is 361. The molecule has 0 radical (unpaired) electrons. The van der Waals surface area contributed by atoms with Crippen LogP contribution in [0.4, 0.5) is 5.69 Å². The zero-order valence-electron chi connectivity index (χ0n) is 10.8. The first kappa shape index (κ1) is 13.6. The maximum Gasteiger partial charge on any atom is 0.243 e. The van der Waals surface area contributed by atoms with Gasteiger partial charge in [-0.2, -0.15) is 0 Å². The minimum atomic E-state index is -0.347. The number of aryl methyl sites for hydroxylation is 1. The van der Waals surface area contributed by atoms with Crippen LogP contribution in [0.15, 0.2) is 18.3 Å². The molecule has 2 rings (SSSR count). The fourth-order valence-electron chi connectivity index (χ4n) is 1.78. The van der Waals surface area contributed by atoms with E-state index in [1.54, 1.807) is 11.1 Å². The second kappa shape index (κ2) is 6.35. The highest BCUT2D eigenvalue weighted by Crippen LogP contribution is 2.19. The van der Waals surface area contributed by atoms with E-state index >= 15 is 0 Å². The summed E-state index contributed by atoms with van der Waals surface area (Å²) in [6.07, 6.45) is 3.47. The van der Waals surface area contributed by atoms with Gasteiger partial charge in [0, 0.05) is 12.2 Å². The summed E-state index contributed by atoms with van der Waals surface area (Å²) in [5.74, 6) is 0.00639. The van der Waals surface area contributed by atoms with Crippen LogP contribution in [0.1, 0.15) is 32.4 Å². The summed E-state index contributed by atoms with van der Waals surface area (Å²) in [4.78, 5) is 17.7. The third-order valence-electron chi connectivity index (χ3n) is 2.69. The van der Waals surface area contributed by atoms with Crippen molar-refractivity contribution in [1.29, 1.82) is 0 Å². The van der Waals surface area contributed by atoms with Crippen LogP contribution in [-0.2, 0) is 4.79 Å². The third kappa shape index (κ3) is 3.27. The van der Waals surface area contributed by atoms with Gasteiger partial charge in [-0.3, -0.25) is 9.78 Å². The lowest BCUT2D eigenvalue weighted by atomic mass is 10.1. The number of hydrogen-bond donors (Lipinski definition) is 1. The SMILES string of the molecule is CC.Cc1ccc(N2CCCC(N)C2=O)cn1. The molecule has 2 heterocycles. The lowest BCUT2D eigenvalue weighted by Gasteiger charge is -2.30. The van der Waals surface area contributed by atoms with E-state index in [9.17, 15) is 4.79 Å². The zero-order chi connectivity index (χ0) is 12.8. The lowest BCUT2D eigenvalue weighted by molar-refractivity contribution is -0.120. The monoisotopic (exact) mass is 235 g/mol. The number of nitrogens with two attached hydrogens (primary N) is 1. The molecule has 17 heavy (non-hydrogen) atoms. The number of anilines is 1. The highest BCUT2D eigenvalue weighted by molar-refractivity contribution is 5.97. The Kier molecular flexibility index (Phi) is 5.10. The van der Waals surface area contributed by atoms with Gasteiger partial charge in [0.25, 0.3) is 0 Å². The van der Waals surface area contributed by atoms with E-state index in [4.69, 9.17) is 5.73 Å². The first-order valence-corrected chi connectivity index (χ1v) is 6.18. The summed E-state index contributed by atoms with van der Waals surface area (Å²) in [6, 6.07) is 3.47. The summed E-state index contributed by atoms with van der Waals surface area (Å²) >= 11 is 0. The molecule has 4 heteroatoms. The van der Waals surface area contributed by atoms with Gasteiger partial charge in [-0.1, -0.05) is 13.8 Å². The number of carbonyl (C=O) groups excluding carboxylic acids is 1. The molecule has 2 N–H and O–H groups in total. The van der Waals surface area contributed by atoms with Crippen LogP contribution >= 0.6 is 0 Å². The summed E-state index contributed by atoms with van der Waals surface area (Å²) in [7, 11) is 0. The molecule has 0 aromatic carbocycles. The quantitative estimate of drug-likeness (QED) is 0.808. The number of aromatic nitrogens is 1. The van der Waals surface area contributed by atoms with Gasteiger partial charge in [0.1, 0.15) is 0 Å². The van der Waals surface area contributed by atoms with Crippen molar-refractivity contribution >= 4 is 11.6 Å². The Morgan fingerprint density at radius 2 is 2.12 bits per heavy atom. The summed E-state index contributed by atoms with van der Waals surface area (Å²) in [6.45, 7) is 6.67. The topological polar surface area (TPSA) is 59.2 Å². The van der Waals surface area contributed by atoms with Gasteiger partial charge >= 0.3 is 0 Å². The Balaban J connectivity index is 0.000000686. The smallest absolute Gasteiger partial charge is 0.243 e. The molecule has 1 aromatic heterocycles. The molecule has 1 amide bonds. The molecule has 0 bridgehead atoms. The van der Waals surface area contributed by atoms with E-state index in [1.165, 1.54) is 0 Å². The van der Waals surface area contributed by atoms with Crippen molar-refractivity contribution in [3.05, 3.63) is 24.0 Å². The number of piperidine rings is 1. The summed E-state index contributed by atoms with van der Waals surface area (Å²) in [5, 5.41) is 0. The van der Waals surface area contributed by atoms with Crippen molar-refractivity contribution in [2.75, 3.05) is 11.4 Å². The Labute approximate surface area is 103 Å². The van der Waals surface area contributed by atoms with E-state index in [0.29, 0.717) is 0 Å². The molecule has 1 unspecified atom stereocenters. The first-order chi connectivity index (χ1) is 8.18. The van der Waals surface area contributed by atoms with Crippen molar-refractivity contribution in [2.45, 2.75) is 39.7 Å². The summed E-state index contributed by atoms with van der Waals surface area (Å²) < 4.78 is 0. The molecule has 0 spiro atoms. The molecule has 1 saturated heterocycles. The van der Waals surface area contributed by atoms with E-state index in [2.05, 4.69) is 4.98 Å². The second-order valence-corrected chi connectivity index (χ2v) is 3.90. The number of hydrogen-bond acceptors (Lipinski definition) is 3. The zero-order valence-corrected chi connectivity index (χ0v) is 10.8. The standard InChI is InChI=1S/C11H15N3O.C2H6/c1-8-4-5-9(7-13-8)14-6-2-3-10(12)11(14)15;1-2/h4-5,7,10H,2-3,6,12H2,1H3;1-2H3. The van der Waals surface area contributed by atoms with Gasteiger partial charge < -0.3 is 10.6 Å². The van der Waals surface area contributed by atoms with Crippen LogP contribution in [0.3, 0.4) is 0 Å². The predicted molar refractivity (Wildman–Crippen MR) is 69.9 cm³/mol. The van der Waals surface area contributed by atoms with Gasteiger partial charge in [0.2, 0.25) is 5.91 Å². The molecule has 1 aliphatic rings. The molecule has 0 aliphatic carbocycles. The van der Waals surface area contributed by atoms with Crippen molar-refractivity contribution in [3.8, 4) is 0 Å². The Morgan fingerprint density at radius 3 is 2.71 bits per heavy atom. The van der Waals surface area contributed by atoms with Gasteiger partial charge in [0.05, 0.1) is 17.9 Å². The van der Waals surface area contributed by atoms with Crippen molar-refractivity contribution in [1.82, 2.24) is 4.98 Å². The Morgan fingerprint density at radius 1 is 1.41 bits per heavy atom. The number of carbonyl (C=O) groups is 1. The minimum Gasteiger partial charge on any atom is -0.320 e. The van der Waals surface area contributed by atoms with Crippen molar-refractivity contribution in [2.24, 2.45) is 5.73 Å². The van der Waals surface area contributed by atoms with Crippen LogP contribution in [-0.4, -0.2) is 23.5 Å². The molecule has 94 valence electrons. The average molecular weight is 235 g/mol. The molecule has 1 aliphatic heterocycles. The van der Waals surface area contributed by atoms with Crippen molar-refractivity contribution < 1.29 is 4.79 Å². The third-order valence-corrected chi connectivity index (χ3v) is 2.69. The van der Waals surface area contributed by atoms with Gasteiger partial charge in [-0.15, -0.1) is 0 Å². The molecule has 1 atom stereocenters. The van der Waals surface area contributed by atoms with Crippen LogP contribution in [0.5, 0.6) is 0 Å². The number of pyridine rings is 1. The number of rotatable bonds is 1. The first-order valence-electron chi connectivity index (χ1n) is 6.18. The molecular formula is C13H21N3O. The normalized spacial score (nSPS) is 19.6. The second-order valence-electron chi connectivity index (χ2n) is 3.90. The molecule has 1 aromatic rings. The minimum absolute atomic E-state index is 0.00639. The molecule has 1 fully saturated rings. The predicted octanol–water partition coefficient (Wildman–Crippen LogP) is 1.87. The maximum absolute atomic E-state index is 11.8. The highest BCUT2D eigenvalue weighted by atomic mass is 16.2. The van der Waals surface area contributed by atoms with E-state index in [-0.39, 0.29) is 11.9 Å². The molecule has 0 saturated carbocycles. The highest BCUT2D eigenvalue weighted by Gasteiger charge is 2.26. The molecule has 4 nitrogen and oxygen atoms in total. The van der Waals surface area contributed by atoms with Gasteiger partial charge in [-0.25, -0.2) is 0 Å². The fraction of sp³-hybridized carbons (Fsp3) is 0.538. The molecular weight excluding hydrogens is 214 g/mol. The Hall–Kier alpha value is -1.42. The van der Waals surface area contributed by atoms with Crippen molar-refractivity contribution in [3.63, 3.8) is 0 Å². The van der Waals surface area contributed by atoms with E-state index in [0.717, 1.165) is 30.8 Å². The van der Waals surface area contributed by atoms with Crippen LogP contribution in [0, 0.1) is 6.92 Å². The van der Waals surface area contributed by atoms with Crippen LogP contribution < -0.4 is 10.6 Å². The lowest BCUT2D eigenvalue weighted by Crippen LogP contribution is -2.48. The van der Waals surface area contributed by atoms with E-state index < -0.39 is 0 Å². The number of nitrogens with zero attached hydrogens (tertiary/aromatic N) is 2. The average Bonchev–Trinajstić information content (AvgIpc) is 2.37.